The molecule has 0 heterocycles. The van der Waals surface area contributed by atoms with Gasteiger partial charge < -0.3 is 19.8 Å². The van der Waals surface area contributed by atoms with Crippen LogP contribution in [0.1, 0.15) is 168 Å². The number of likely N-dealkylation sites (N-methyl/N-ethyl adjacent to an activating group) is 1. The molecule has 0 fully saturated rings. The standard InChI is InChI=1S/C37H75N2O6P/c1-6-8-10-12-14-16-18-19-21-22-24-26-28-30-36(40)35(34-45-46(42,43)44-33-32-39(3,4)5)38-37(41)31-29-27-25-23-20-17-15-13-11-9-7-2/h26,28,35-36,40H,6-25,27,29-34H2,1-5H3,(H-,38,41,42,43)/p+1/t35-,36+/m0/s1. The van der Waals surface area contributed by atoms with Crippen molar-refractivity contribution in [1.82, 2.24) is 5.32 Å². The van der Waals surface area contributed by atoms with Gasteiger partial charge in [-0.3, -0.25) is 13.8 Å². The number of nitrogens with zero attached hydrogens (tertiary/aromatic N) is 1. The first-order valence-electron chi connectivity index (χ1n) is 19.1. The molecule has 3 N–H and O–H groups in total. The van der Waals surface area contributed by atoms with Crippen LogP contribution in [0.15, 0.2) is 12.2 Å². The van der Waals surface area contributed by atoms with E-state index in [2.05, 4.69) is 25.2 Å². The first kappa shape index (κ1) is 45.2. The number of rotatable bonds is 34. The fourth-order valence-electron chi connectivity index (χ4n) is 5.39. The van der Waals surface area contributed by atoms with Crippen LogP contribution >= 0.6 is 7.82 Å². The number of amides is 1. The van der Waals surface area contributed by atoms with Crippen molar-refractivity contribution >= 4 is 13.7 Å². The second-order valence-electron chi connectivity index (χ2n) is 14.3. The van der Waals surface area contributed by atoms with E-state index in [0.717, 1.165) is 32.1 Å². The van der Waals surface area contributed by atoms with Gasteiger partial charge in [0.05, 0.1) is 39.9 Å². The Morgan fingerprint density at radius 3 is 1.65 bits per heavy atom. The molecule has 0 aromatic carbocycles. The summed E-state index contributed by atoms with van der Waals surface area (Å²) in [7, 11) is 1.58. The monoisotopic (exact) mass is 676 g/mol. The molecule has 0 aliphatic rings. The van der Waals surface area contributed by atoms with Gasteiger partial charge in [-0.2, -0.15) is 0 Å². The number of aliphatic hydroxyl groups is 1. The number of hydrogen-bond acceptors (Lipinski definition) is 5. The fraction of sp³-hybridized carbons (Fsp3) is 0.919. The maximum atomic E-state index is 12.8. The molecule has 0 spiro atoms. The van der Waals surface area contributed by atoms with E-state index in [9.17, 15) is 19.4 Å². The third-order valence-corrected chi connectivity index (χ3v) is 9.50. The van der Waals surface area contributed by atoms with Crippen LogP contribution < -0.4 is 5.32 Å². The largest absolute Gasteiger partial charge is 0.472 e. The highest BCUT2D eigenvalue weighted by molar-refractivity contribution is 7.47. The predicted octanol–water partition coefficient (Wildman–Crippen LogP) is 9.63. The van der Waals surface area contributed by atoms with Gasteiger partial charge in [-0.05, 0) is 25.7 Å². The Labute approximate surface area is 284 Å². The molecule has 8 nitrogen and oxygen atoms in total. The zero-order valence-corrected chi connectivity index (χ0v) is 31.7. The Morgan fingerprint density at radius 2 is 1.17 bits per heavy atom. The van der Waals surface area contributed by atoms with Crippen LogP contribution in [0.25, 0.3) is 0 Å². The number of allylic oxidation sites excluding steroid dienone is 1. The number of phosphoric ester groups is 1. The van der Waals surface area contributed by atoms with Gasteiger partial charge in [0.25, 0.3) is 0 Å². The molecule has 0 saturated carbocycles. The van der Waals surface area contributed by atoms with Crippen LogP contribution in [0.4, 0.5) is 0 Å². The molecule has 1 unspecified atom stereocenters. The normalized spacial score (nSPS) is 14.8. The lowest BCUT2D eigenvalue weighted by Gasteiger charge is -2.26. The van der Waals surface area contributed by atoms with Crippen molar-refractivity contribution < 1.29 is 32.9 Å². The molecular weight excluding hydrogens is 599 g/mol. The van der Waals surface area contributed by atoms with Crippen molar-refractivity contribution in [3.63, 3.8) is 0 Å². The highest BCUT2D eigenvalue weighted by Gasteiger charge is 2.28. The van der Waals surface area contributed by atoms with E-state index >= 15 is 0 Å². The molecule has 0 aromatic rings. The smallest absolute Gasteiger partial charge is 0.391 e. The molecule has 0 radical (unpaired) electrons. The topological polar surface area (TPSA) is 105 Å². The lowest BCUT2D eigenvalue weighted by Crippen LogP contribution is -2.46. The van der Waals surface area contributed by atoms with Gasteiger partial charge >= 0.3 is 7.82 Å². The minimum absolute atomic E-state index is 0.0669. The van der Waals surface area contributed by atoms with Gasteiger partial charge in [-0.1, -0.05) is 148 Å². The summed E-state index contributed by atoms with van der Waals surface area (Å²) < 4.78 is 23.4. The van der Waals surface area contributed by atoms with Crippen LogP contribution in [-0.4, -0.2) is 73.4 Å². The number of aliphatic hydroxyl groups excluding tert-OH is 1. The highest BCUT2D eigenvalue weighted by atomic mass is 31.2. The summed E-state index contributed by atoms with van der Waals surface area (Å²) in [5, 5.41) is 13.8. The summed E-state index contributed by atoms with van der Waals surface area (Å²) >= 11 is 0. The van der Waals surface area contributed by atoms with Gasteiger partial charge in [0.15, 0.2) is 0 Å². The molecule has 274 valence electrons. The molecule has 0 rings (SSSR count). The highest BCUT2D eigenvalue weighted by Crippen LogP contribution is 2.43. The molecule has 0 bridgehead atoms. The Kier molecular flexibility index (Phi) is 29.8. The van der Waals surface area contributed by atoms with Gasteiger partial charge in [-0.15, -0.1) is 0 Å². The van der Waals surface area contributed by atoms with Crippen molar-refractivity contribution in [1.29, 1.82) is 0 Å². The summed E-state index contributed by atoms with van der Waals surface area (Å²) in [5.41, 5.74) is 0. The number of nitrogens with one attached hydrogen (secondary N) is 1. The third kappa shape index (κ3) is 31.8. The number of unbranched alkanes of at least 4 members (excludes halogenated alkanes) is 20. The van der Waals surface area contributed by atoms with Gasteiger partial charge in [-0.25, -0.2) is 4.57 Å². The summed E-state index contributed by atoms with van der Waals surface area (Å²) in [4.78, 5) is 22.9. The molecule has 3 atom stereocenters. The Balaban J connectivity index is 4.54. The third-order valence-electron chi connectivity index (χ3n) is 8.52. The average Bonchev–Trinajstić information content (AvgIpc) is 2.99. The van der Waals surface area contributed by atoms with Gasteiger partial charge in [0.2, 0.25) is 5.91 Å². The molecule has 0 aliphatic carbocycles. The molecule has 46 heavy (non-hydrogen) atoms. The molecular formula is C37H76N2O6P+. The quantitative estimate of drug-likeness (QED) is 0.0272. The Morgan fingerprint density at radius 1 is 0.717 bits per heavy atom. The lowest BCUT2D eigenvalue weighted by molar-refractivity contribution is -0.870. The van der Waals surface area contributed by atoms with E-state index in [1.807, 2.05) is 27.2 Å². The maximum Gasteiger partial charge on any atom is 0.472 e. The Hall–Kier alpha value is -0.760. The molecule has 9 heteroatoms. The van der Waals surface area contributed by atoms with Crippen molar-refractivity contribution in [2.45, 2.75) is 180 Å². The van der Waals surface area contributed by atoms with Crippen LogP contribution in [-0.2, 0) is 18.4 Å². The van der Waals surface area contributed by atoms with Gasteiger partial charge in [0, 0.05) is 6.42 Å². The van der Waals surface area contributed by atoms with E-state index in [1.165, 1.54) is 109 Å². The van der Waals surface area contributed by atoms with Crippen molar-refractivity contribution in [3.05, 3.63) is 12.2 Å². The lowest BCUT2D eigenvalue weighted by atomic mass is 10.0. The molecule has 0 aromatic heterocycles. The first-order chi connectivity index (χ1) is 22.0. The van der Waals surface area contributed by atoms with Crippen molar-refractivity contribution in [3.8, 4) is 0 Å². The van der Waals surface area contributed by atoms with E-state index in [-0.39, 0.29) is 19.1 Å². The summed E-state index contributed by atoms with van der Waals surface area (Å²) in [6, 6.07) is -0.801. The Bertz CT molecular complexity index is 773. The minimum atomic E-state index is -4.31. The molecule has 1 amide bonds. The number of hydrogen-bond donors (Lipinski definition) is 3. The van der Waals surface area contributed by atoms with Gasteiger partial charge in [0.1, 0.15) is 13.2 Å². The summed E-state index contributed by atoms with van der Waals surface area (Å²) in [6.07, 6.45) is 31.1. The van der Waals surface area contributed by atoms with Crippen LogP contribution in [0.2, 0.25) is 0 Å². The fourth-order valence-corrected chi connectivity index (χ4v) is 6.12. The van der Waals surface area contributed by atoms with E-state index in [4.69, 9.17) is 9.05 Å². The first-order valence-corrected chi connectivity index (χ1v) is 20.5. The predicted molar refractivity (Wildman–Crippen MR) is 194 cm³/mol. The van der Waals surface area contributed by atoms with Crippen LogP contribution in [0.3, 0.4) is 0 Å². The number of phosphoric acid groups is 1. The molecule has 0 saturated heterocycles. The van der Waals surface area contributed by atoms with Crippen molar-refractivity contribution in [2.75, 3.05) is 40.9 Å². The number of quaternary nitrogens is 1. The van der Waals surface area contributed by atoms with Crippen molar-refractivity contribution in [2.24, 2.45) is 0 Å². The van der Waals surface area contributed by atoms with E-state index in [1.54, 1.807) is 0 Å². The second kappa shape index (κ2) is 30.3. The van der Waals surface area contributed by atoms with E-state index < -0.39 is 20.0 Å². The number of carbonyl (C=O) groups excluding carboxylic acids is 1. The van der Waals surface area contributed by atoms with Crippen LogP contribution in [0, 0.1) is 0 Å². The second-order valence-corrected chi connectivity index (χ2v) is 15.8. The summed E-state index contributed by atoms with van der Waals surface area (Å²) in [5.74, 6) is -0.170. The SMILES string of the molecule is CCCCCCCCCCCCC=CC[C@@H](O)[C@H](COP(=O)(O)OCC[N+](C)(C)C)NC(=O)CCCCCCCCCCCCC. The molecule has 0 aliphatic heterocycles. The summed E-state index contributed by atoms with van der Waals surface area (Å²) in [6.45, 7) is 4.81. The zero-order valence-electron chi connectivity index (χ0n) is 30.8. The van der Waals surface area contributed by atoms with E-state index in [0.29, 0.717) is 23.9 Å². The number of carbonyl (C=O) groups is 1. The minimum Gasteiger partial charge on any atom is -0.391 e. The van der Waals surface area contributed by atoms with Crippen LogP contribution in [0.5, 0.6) is 0 Å². The zero-order chi connectivity index (χ0) is 34.4. The maximum absolute atomic E-state index is 12.8. The average molecular weight is 676 g/mol.